The molecule has 0 spiro atoms. The number of hydrogen-bond acceptors (Lipinski definition) is 6. The van der Waals surface area contributed by atoms with Crippen LogP contribution >= 0.6 is 11.3 Å². The van der Waals surface area contributed by atoms with Gasteiger partial charge < -0.3 is 9.47 Å². The van der Waals surface area contributed by atoms with Crippen LogP contribution in [0.15, 0.2) is 30.3 Å². The fraction of sp³-hybridized carbons (Fsp3) is 0.438. The summed E-state index contributed by atoms with van der Waals surface area (Å²) in [6, 6.07) is 9.29. The van der Waals surface area contributed by atoms with Gasteiger partial charge in [0, 0.05) is 13.0 Å². The number of amides is 1. The monoisotopic (exact) mass is 335 g/mol. The molecule has 1 atom stereocenters. The van der Waals surface area contributed by atoms with Gasteiger partial charge in [0.2, 0.25) is 5.13 Å². The minimum atomic E-state index is -0.562. The Morgan fingerprint density at radius 2 is 2.04 bits per heavy atom. The van der Waals surface area contributed by atoms with Crippen molar-refractivity contribution in [3.8, 4) is 5.75 Å². The molecule has 0 aliphatic carbocycles. The maximum Gasteiger partial charge on any atom is 0.267 e. The van der Waals surface area contributed by atoms with Gasteiger partial charge in [-0.3, -0.25) is 10.1 Å². The van der Waals surface area contributed by atoms with Crippen molar-refractivity contribution >= 4 is 22.4 Å². The highest BCUT2D eigenvalue weighted by molar-refractivity contribution is 7.15. The van der Waals surface area contributed by atoms with Crippen molar-refractivity contribution in [1.29, 1.82) is 0 Å². The first-order valence-corrected chi connectivity index (χ1v) is 8.47. The number of nitrogens with one attached hydrogen (secondary N) is 1. The fourth-order valence-corrected chi connectivity index (χ4v) is 2.60. The summed E-state index contributed by atoms with van der Waals surface area (Å²) in [6.07, 6.45) is 0.698. The van der Waals surface area contributed by atoms with Crippen molar-refractivity contribution in [3.05, 3.63) is 35.3 Å². The van der Waals surface area contributed by atoms with Gasteiger partial charge in [-0.2, -0.15) is 0 Å². The van der Waals surface area contributed by atoms with Crippen molar-refractivity contribution in [3.63, 3.8) is 0 Å². The summed E-state index contributed by atoms with van der Waals surface area (Å²) < 4.78 is 11.0. The Labute approximate surface area is 139 Å². The van der Waals surface area contributed by atoms with E-state index in [4.69, 9.17) is 9.47 Å². The van der Waals surface area contributed by atoms with Gasteiger partial charge in [-0.1, -0.05) is 36.5 Å². The van der Waals surface area contributed by atoms with Crippen LogP contribution in [0.2, 0.25) is 0 Å². The average molecular weight is 335 g/mol. The van der Waals surface area contributed by atoms with Crippen molar-refractivity contribution in [2.45, 2.75) is 32.8 Å². The number of rotatable bonds is 9. The van der Waals surface area contributed by atoms with Crippen LogP contribution in [0.3, 0.4) is 0 Å². The van der Waals surface area contributed by atoms with E-state index in [0.29, 0.717) is 36.9 Å². The predicted octanol–water partition coefficient (Wildman–Crippen LogP) is 2.91. The molecule has 0 aliphatic rings. The summed E-state index contributed by atoms with van der Waals surface area (Å²) in [5.74, 6) is 0.452. The SMILES string of the molecule is CCOCCc1nnc(NC(=O)C(CC)Oc2ccccc2)s1. The van der Waals surface area contributed by atoms with Crippen LogP contribution in [0.1, 0.15) is 25.3 Å². The van der Waals surface area contributed by atoms with Crippen LogP contribution in [0.25, 0.3) is 0 Å². The largest absolute Gasteiger partial charge is 0.481 e. The molecule has 0 saturated carbocycles. The van der Waals surface area contributed by atoms with E-state index >= 15 is 0 Å². The minimum absolute atomic E-state index is 0.219. The van der Waals surface area contributed by atoms with Gasteiger partial charge in [0.25, 0.3) is 5.91 Å². The summed E-state index contributed by atoms with van der Waals surface area (Å²) in [5, 5.41) is 12.1. The second-order valence-corrected chi connectivity index (χ2v) is 5.83. The molecular weight excluding hydrogens is 314 g/mol. The van der Waals surface area contributed by atoms with Crippen LogP contribution in [0, 0.1) is 0 Å². The molecular formula is C16H21N3O3S. The summed E-state index contributed by atoms with van der Waals surface area (Å²) in [5.41, 5.74) is 0. The van der Waals surface area contributed by atoms with Crippen molar-refractivity contribution in [2.75, 3.05) is 18.5 Å². The van der Waals surface area contributed by atoms with Crippen molar-refractivity contribution in [1.82, 2.24) is 10.2 Å². The summed E-state index contributed by atoms with van der Waals surface area (Å²) in [7, 11) is 0. The molecule has 1 unspecified atom stereocenters. The molecule has 0 saturated heterocycles. The molecule has 2 rings (SSSR count). The van der Waals surface area contributed by atoms with Crippen LogP contribution < -0.4 is 10.1 Å². The molecule has 1 amide bonds. The lowest BCUT2D eigenvalue weighted by Crippen LogP contribution is -2.32. The maximum absolute atomic E-state index is 12.3. The summed E-state index contributed by atoms with van der Waals surface area (Å²) in [4.78, 5) is 12.3. The number of anilines is 1. The normalized spacial score (nSPS) is 11.9. The molecule has 0 fully saturated rings. The zero-order valence-corrected chi connectivity index (χ0v) is 14.1. The van der Waals surface area contributed by atoms with Gasteiger partial charge in [-0.15, -0.1) is 10.2 Å². The molecule has 124 valence electrons. The quantitative estimate of drug-likeness (QED) is 0.713. The molecule has 23 heavy (non-hydrogen) atoms. The van der Waals surface area contributed by atoms with Crippen LogP contribution in [0.4, 0.5) is 5.13 Å². The Morgan fingerprint density at radius 3 is 2.74 bits per heavy atom. The van der Waals surface area contributed by atoms with E-state index in [2.05, 4.69) is 15.5 Å². The summed E-state index contributed by atoms with van der Waals surface area (Å²) in [6.45, 7) is 5.13. The van der Waals surface area contributed by atoms with Crippen LogP contribution in [0.5, 0.6) is 5.75 Å². The number of aromatic nitrogens is 2. The van der Waals surface area contributed by atoms with Gasteiger partial charge in [-0.05, 0) is 25.5 Å². The Hall–Kier alpha value is -1.99. The first-order valence-electron chi connectivity index (χ1n) is 7.65. The van der Waals surface area contributed by atoms with E-state index in [9.17, 15) is 4.79 Å². The highest BCUT2D eigenvalue weighted by Crippen LogP contribution is 2.18. The maximum atomic E-state index is 12.3. The van der Waals surface area contributed by atoms with Crippen molar-refractivity contribution < 1.29 is 14.3 Å². The molecule has 6 nitrogen and oxygen atoms in total. The zero-order chi connectivity index (χ0) is 16.5. The number of ether oxygens (including phenoxy) is 2. The predicted molar refractivity (Wildman–Crippen MR) is 89.9 cm³/mol. The molecule has 7 heteroatoms. The van der Waals surface area contributed by atoms with Crippen LogP contribution in [-0.4, -0.2) is 35.4 Å². The third kappa shape index (κ3) is 5.61. The van der Waals surface area contributed by atoms with Crippen LogP contribution in [-0.2, 0) is 16.0 Å². The Morgan fingerprint density at radius 1 is 1.26 bits per heavy atom. The number of benzene rings is 1. The summed E-state index contributed by atoms with van der Waals surface area (Å²) >= 11 is 1.36. The number of para-hydroxylation sites is 1. The van der Waals surface area contributed by atoms with E-state index in [1.165, 1.54) is 11.3 Å². The standard InChI is InChI=1S/C16H21N3O3S/c1-3-13(22-12-8-6-5-7-9-12)15(20)17-16-19-18-14(23-16)10-11-21-4-2/h5-9,13H,3-4,10-11H2,1-2H3,(H,17,19,20). The zero-order valence-electron chi connectivity index (χ0n) is 13.3. The Bertz CT molecular complexity index is 604. The smallest absolute Gasteiger partial charge is 0.267 e. The Kier molecular flexibility index (Phi) is 6.96. The molecule has 1 N–H and O–H groups in total. The molecule has 1 aromatic heterocycles. The molecule has 1 heterocycles. The third-order valence-corrected chi connectivity index (χ3v) is 3.94. The molecule has 1 aromatic carbocycles. The van der Waals surface area contributed by atoms with Gasteiger partial charge in [0.1, 0.15) is 10.8 Å². The van der Waals surface area contributed by atoms with E-state index < -0.39 is 6.10 Å². The van der Waals surface area contributed by atoms with Gasteiger partial charge >= 0.3 is 0 Å². The number of hydrogen-bond donors (Lipinski definition) is 1. The Balaban J connectivity index is 1.89. The van der Waals surface area contributed by atoms with E-state index in [-0.39, 0.29) is 5.91 Å². The third-order valence-electron chi connectivity index (χ3n) is 3.05. The second-order valence-electron chi connectivity index (χ2n) is 4.76. The molecule has 0 aliphatic heterocycles. The molecule has 0 radical (unpaired) electrons. The number of carbonyl (C=O) groups is 1. The van der Waals surface area contributed by atoms with Crippen molar-refractivity contribution in [2.24, 2.45) is 0 Å². The second kappa shape index (κ2) is 9.22. The number of nitrogens with zero attached hydrogens (tertiary/aromatic N) is 2. The van der Waals surface area contributed by atoms with E-state index in [1.54, 1.807) is 0 Å². The van der Waals surface area contributed by atoms with E-state index in [0.717, 1.165) is 5.01 Å². The fourth-order valence-electron chi connectivity index (χ4n) is 1.88. The van der Waals surface area contributed by atoms with Gasteiger partial charge in [-0.25, -0.2) is 0 Å². The number of carbonyl (C=O) groups excluding carboxylic acids is 1. The van der Waals surface area contributed by atoms with Gasteiger partial charge in [0.05, 0.1) is 6.61 Å². The first kappa shape index (κ1) is 17.4. The molecule has 0 bridgehead atoms. The topological polar surface area (TPSA) is 73.3 Å². The first-order chi connectivity index (χ1) is 11.2. The lowest BCUT2D eigenvalue weighted by atomic mass is 10.2. The lowest BCUT2D eigenvalue weighted by molar-refractivity contribution is -0.122. The lowest BCUT2D eigenvalue weighted by Gasteiger charge is -2.16. The average Bonchev–Trinajstić information content (AvgIpc) is 3.01. The van der Waals surface area contributed by atoms with E-state index in [1.807, 2.05) is 44.2 Å². The molecule has 2 aromatic rings. The minimum Gasteiger partial charge on any atom is -0.481 e. The highest BCUT2D eigenvalue weighted by Gasteiger charge is 2.20. The highest BCUT2D eigenvalue weighted by atomic mass is 32.1. The van der Waals surface area contributed by atoms with Gasteiger partial charge in [0.15, 0.2) is 6.10 Å².